The first-order valence-corrected chi connectivity index (χ1v) is 10.7. The Balaban J connectivity index is 1.51. The fraction of sp³-hybridized carbons (Fsp3) is 0.292. The minimum atomic E-state index is -0.651. The lowest BCUT2D eigenvalue weighted by molar-refractivity contribution is 0.0675. The van der Waals surface area contributed by atoms with Gasteiger partial charge in [0.2, 0.25) is 0 Å². The summed E-state index contributed by atoms with van der Waals surface area (Å²) in [6.07, 6.45) is 3.79. The summed E-state index contributed by atoms with van der Waals surface area (Å²) in [7, 11) is 1.73. The quantitative estimate of drug-likeness (QED) is 0.459. The van der Waals surface area contributed by atoms with Crippen molar-refractivity contribution in [2.45, 2.75) is 25.9 Å². The second-order valence-corrected chi connectivity index (χ2v) is 8.21. The number of benzene rings is 1. The summed E-state index contributed by atoms with van der Waals surface area (Å²) >= 11 is 0. The fourth-order valence-corrected chi connectivity index (χ4v) is 4.78. The molecule has 1 atom stereocenters. The zero-order chi connectivity index (χ0) is 23.3. The van der Waals surface area contributed by atoms with Gasteiger partial charge in [-0.05, 0) is 37.6 Å². The predicted molar refractivity (Wildman–Crippen MR) is 117 cm³/mol. The predicted octanol–water partition coefficient (Wildman–Crippen LogP) is 4.44. The molecule has 0 aliphatic carbocycles. The third-order valence-electron chi connectivity index (χ3n) is 6.26. The number of pyridine rings is 1. The van der Waals surface area contributed by atoms with Gasteiger partial charge in [-0.2, -0.15) is 5.10 Å². The monoisotopic (exact) mass is 453 g/mol. The molecule has 0 N–H and O–H groups in total. The molecule has 6 nitrogen and oxygen atoms in total. The first-order valence-electron chi connectivity index (χ1n) is 10.7. The second-order valence-electron chi connectivity index (χ2n) is 8.21. The molecule has 1 aliphatic rings. The van der Waals surface area contributed by atoms with E-state index in [0.29, 0.717) is 46.5 Å². The molecular formula is C24H22F3N5O. The first-order chi connectivity index (χ1) is 15.9. The molecule has 0 spiro atoms. The number of rotatable bonds is 4. The SMILES string of the molecule is CC1c2nn(C)c(-c3cc(F)cc(F)c3)c2CCN1C(=O)c1ccnc2c1ccn2CCF. The van der Waals surface area contributed by atoms with Crippen LogP contribution in [0.25, 0.3) is 22.3 Å². The Morgan fingerprint density at radius 2 is 1.94 bits per heavy atom. The van der Waals surface area contributed by atoms with Gasteiger partial charge in [-0.15, -0.1) is 0 Å². The Kier molecular flexibility index (Phi) is 5.19. The van der Waals surface area contributed by atoms with Crippen LogP contribution in [0.4, 0.5) is 13.2 Å². The van der Waals surface area contributed by atoms with Crippen molar-refractivity contribution in [1.82, 2.24) is 24.2 Å². The number of alkyl halides is 1. The highest BCUT2D eigenvalue weighted by Gasteiger charge is 2.34. The van der Waals surface area contributed by atoms with Crippen molar-refractivity contribution < 1.29 is 18.0 Å². The standard InChI is InChI=1S/C24H22F3N5O/c1-14-21-20(22(30(2)29-21)15-11-16(26)13-17(27)12-15)5-9-32(14)24(33)19-3-7-28-23-18(19)4-8-31(23)10-6-25/h3-4,7-8,11-14H,5-6,9-10H2,1-2H3. The summed E-state index contributed by atoms with van der Waals surface area (Å²) in [6, 6.07) is 6.53. The lowest BCUT2D eigenvalue weighted by Gasteiger charge is -2.33. The van der Waals surface area contributed by atoms with Gasteiger partial charge in [0.25, 0.3) is 5.91 Å². The molecule has 3 aromatic heterocycles. The van der Waals surface area contributed by atoms with Crippen LogP contribution in [-0.4, -0.2) is 43.4 Å². The highest BCUT2D eigenvalue weighted by molar-refractivity contribution is 6.05. The third-order valence-corrected chi connectivity index (χ3v) is 6.26. The van der Waals surface area contributed by atoms with E-state index < -0.39 is 18.3 Å². The van der Waals surface area contributed by atoms with Crippen molar-refractivity contribution in [3.8, 4) is 11.3 Å². The summed E-state index contributed by atoms with van der Waals surface area (Å²) < 4.78 is 43.8. The minimum absolute atomic E-state index is 0.164. The molecule has 5 rings (SSSR count). The maximum atomic E-state index is 13.8. The van der Waals surface area contributed by atoms with Crippen molar-refractivity contribution in [3.63, 3.8) is 0 Å². The van der Waals surface area contributed by atoms with Crippen molar-refractivity contribution in [1.29, 1.82) is 0 Å². The molecule has 0 bridgehead atoms. The number of carbonyl (C=O) groups is 1. The maximum absolute atomic E-state index is 13.8. The number of aromatic nitrogens is 4. The van der Waals surface area contributed by atoms with Gasteiger partial charge in [-0.1, -0.05) is 0 Å². The summed E-state index contributed by atoms with van der Waals surface area (Å²) in [5.41, 5.74) is 3.72. The van der Waals surface area contributed by atoms with E-state index >= 15 is 0 Å². The highest BCUT2D eigenvalue weighted by Crippen LogP contribution is 2.37. The maximum Gasteiger partial charge on any atom is 0.255 e. The van der Waals surface area contributed by atoms with Gasteiger partial charge in [-0.25, -0.2) is 18.2 Å². The number of fused-ring (bicyclic) bond motifs is 2. The van der Waals surface area contributed by atoms with E-state index in [0.717, 1.165) is 11.6 Å². The Bertz CT molecular complexity index is 1360. The van der Waals surface area contributed by atoms with Gasteiger partial charge in [-0.3, -0.25) is 9.48 Å². The zero-order valence-electron chi connectivity index (χ0n) is 18.2. The molecule has 170 valence electrons. The number of hydrogen-bond donors (Lipinski definition) is 0. The van der Waals surface area contributed by atoms with Crippen LogP contribution in [0.2, 0.25) is 0 Å². The molecular weight excluding hydrogens is 431 g/mol. The zero-order valence-corrected chi connectivity index (χ0v) is 18.2. The molecule has 1 aliphatic heterocycles. The van der Waals surface area contributed by atoms with Crippen LogP contribution >= 0.6 is 0 Å². The molecule has 4 heterocycles. The molecule has 0 saturated heterocycles. The van der Waals surface area contributed by atoms with Crippen molar-refractivity contribution in [2.75, 3.05) is 13.2 Å². The summed E-state index contributed by atoms with van der Waals surface area (Å²) in [6.45, 7) is 1.98. The van der Waals surface area contributed by atoms with Gasteiger partial charge in [0, 0.05) is 48.6 Å². The summed E-state index contributed by atoms with van der Waals surface area (Å²) in [5.74, 6) is -1.47. The molecule has 0 saturated carbocycles. The highest BCUT2D eigenvalue weighted by atomic mass is 19.1. The van der Waals surface area contributed by atoms with Crippen LogP contribution in [0.3, 0.4) is 0 Å². The lowest BCUT2D eigenvalue weighted by atomic mass is 9.95. The van der Waals surface area contributed by atoms with Crippen LogP contribution in [0.5, 0.6) is 0 Å². The topological polar surface area (TPSA) is 56.0 Å². The molecule has 1 amide bonds. The Morgan fingerprint density at radius 1 is 1.18 bits per heavy atom. The second kappa shape index (κ2) is 8.06. The molecule has 1 unspecified atom stereocenters. The van der Waals surface area contributed by atoms with E-state index in [4.69, 9.17) is 0 Å². The van der Waals surface area contributed by atoms with Crippen molar-refractivity contribution >= 4 is 16.9 Å². The summed E-state index contributed by atoms with van der Waals surface area (Å²) in [4.78, 5) is 19.6. The van der Waals surface area contributed by atoms with Crippen LogP contribution in [0.15, 0.2) is 42.7 Å². The first kappa shape index (κ1) is 21.2. The van der Waals surface area contributed by atoms with Crippen molar-refractivity contribution in [2.24, 2.45) is 7.05 Å². The van der Waals surface area contributed by atoms with E-state index in [1.54, 1.807) is 45.7 Å². The van der Waals surface area contributed by atoms with Gasteiger partial charge < -0.3 is 9.47 Å². The average molecular weight is 453 g/mol. The van der Waals surface area contributed by atoms with E-state index in [1.165, 1.54) is 12.1 Å². The van der Waals surface area contributed by atoms with E-state index in [2.05, 4.69) is 10.1 Å². The van der Waals surface area contributed by atoms with Crippen LogP contribution in [0, 0.1) is 11.6 Å². The van der Waals surface area contributed by atoms with Crippen LogP contribution in [-0.2, 0) is 20.0 Å². The number of amides is 1. The summed E-state index contributed by atoms with van der Waals surface area (Å²) in [5, 5.41) is 5.28. The molecule has 9 heteroatoms. The largest absolute Gasteiger partial charge is 0.330 e. The van der Waals surface area contributed by atoms with E-state index in [-0.39, 0.29) is 18.5 Å². The third kappa shape index (κ3) is 3.48. The smallest absolute Gasteiger partial charge is 0.255 e. The van der Waals surface area contributed by atoms with Crippen molar-refractivity contribution in [3.05, 3.63) is 71.2 Å². The molecule has 0 radical (unpaired) electrons. The Hall–Kier alpha value is -3.62. The molecule has 4 aromatic rings. The lowest BCUT2D eigenvalue weighted by Crippen LogP contribution is -2.39. The molecule has 1 aromatic carbocycles. The van der Waals surface area contributed by atoms with Crippen LogP contribution < -0.4 is 0 Å². The molecule has 33 heavy (non-hydrogen) atoms. The number of aryl methyl sites for hydroxylation is 2. The number of hydrogen-bond acceptors (Lipinski definition) is 3. The number of halogens is 3. The van der Waals surface area contributed by atoms with E-state index in [1.807, 2.05) is 6.92 Å². The van der Waals surface area contributed by atoms with Gasteiger partial charge in [0.05, 0.1) is 29.5 Å². The average Bonchev–Trinajstić information content (AvgIpc) is 3.34. The van der Waals surface area contributed by atoms with Gasteiger partial charge >= 0.3 is 0 Å². The van der Waals surface area contributed by atoms with Crippen LogP contribution in [0.1, 0.15) is 34.6 Å². The van der Waals surface area contributed by atoms with Gasteiger partial charge in [0.1, 0.15) is 24.0 Å². The van der Waals surface area contributed by atoms with Gasteiger partial charge in [0.15, 0.2) is 0 Å². The normalized spacial score (nSPS) is 15.8. The number of carbonyl (C=O) groups excluding carboxylic acids is 1. The van der Waals surface area contributed by atoms with E-state index in [9.17, 15) is 18.0 Å². The number of nitrogens with zero attached hydrogens (tertiary/aromatic N) is 5. The Morgan fingerprint density at radius 3 is 2.67 bits per heavy atom. The Labute approximate surface area is 188 Å². The minimum Gasteiger partial charge on any atom is -0.330 e. The molecule has 0 fully saturated rings. The fourth-order valence-electron chi connectivity index (χ4n) is 4.78.